The lowest BCUT2D eigenvalue weighted by Gasteiger charge is -2.28. The summed E-state index contributed by atoms with van der Waals surface area (Å²) in [4.78, 5) is 28.1. The van der Waals surface area contributed by atoms with Crippen molar-refractivity contribution >= 4 is 11.9 Å². The monoisotopic (exact) mass is 296 g/mol. The fourth-order valence-corrected chi connectivity index (χ4v) is 1.49. The summed E-state index contributed by atoms with van der Waals surface area (Å²) < 4.78 is 0. The number of carboxylic acid groups (broad SMARTS) is 1. The second-order valence-electron chi connectivity index (χ2n) is 5.20. The molecular weight excluding hydrogens is 276 g/mol. The summed E-state index contributed by atoms with van der Waals surface area (Å²) in [7, 11) is 0. The van der Waals surface area contributed by atoms with E-state index in [0.29, 0.717) is 0 Å². The molecule has 1 aromatic rings. The van der Waals surface area contributed by atoms with Crippen molar-refractivity contribution in [3.05, 3.63) is 35.9 Å². The van der Waals surface area contributed by atoms with Gasteiger partial charge in [0.15, 0.2) is 6.04 Å². The average molecular weight is 296 g/mol. The number of carboxylic acids is 1. The van der Waals surface area contributed by atoms with Crippen LogP contribution in [-0.2, 0) is 21.0 Å². The van der Waals surface area contributed by atoms with E-state index in [2.05, 4.69) is 0 Å². The highest BCUT2D eigenvalue weighted by Crippen LogP contribution is 2.12. The summed E-state index contributed by atoms with van der Waals surface area (Å²) in [5.74, 6) is -2.07. The van der Waals surface area contributed by atoms with Crippen LogP contribution in [0.5, 0.6) is 0 Å². The number of nitrogens with zero attached hydrogens (tertiary/aromatic N) is 1. The first kappa shape index (κ1) is 17.1. The second-order valence-corrected chi connectivity index (χ2v) is 5.20. The molecule has 1 atom stereocenters. The van der Waals surface area contributed by atoms with E-state index in [4.69, 9.17) is 15.7 Å². The highest BCUT2D eigenvalue weighted by atomic mass is 16.7. The van der Waals surface area contributed by atoms with Crippen molar-refractivity contribution in [1.29, 1.82) is 0 Å². The van der Waals surface area contributed by atoms with Gasteiger partial charge in [0.2, 0.25) is 0 Å². The molecule has 21 heavy (non-hydrogen) atoms. The van der Waals surface area contributed by atoms with E-state index in [0.717, 1.165) is 10.6 Å². The van der Waals surface area contributed by atoms with E-state index < -0.39 is 30.1 Å². The highest BCUT2D eigenvalue weighted by molar-refractivity contribution is 5.79. The van der Waals surface area contributed by atoms with Gasteiger partial charge in [-0.05, 0) is 19.4 Å². The number of aliphatic hydroxyl groups excluding tert-OH is 1. The second kappa shape index (κ2) is 7.16. The van der Waals surface area contributed by atoms with Crippen LogP contribution in [0.2, 0.25) is 0 Å². The molecule has 0 aliphatic heterocycles. The summed E-state index contributed by atoms with van der Waals surface area (Å²) in [6.07, 6.45) is 0. The number of benzene rings is 1. The number of aliphatic hydroxyl groups is 1. The molecule has 116 valence electrons. The van der Waals surface area contributed by atoms with Gasteiger partial charge in [-0.15, -0.1) is 5.06 Å². The molecule has 0 heterocycles. The topological polar surface area (TPSA) is 113 Å². The van der Waals surface area contributed by atoms with Crippen molar-refractivity contribution in [2.45, 2.75) is 32.0 Å². The van der Waals surface area contributed by atoms with Crippen LogP contribution in [0.4, 0.5) is 0 Å². The molecule has 1 rings (SSSR count). The molecule has 0 aliphatic rings. The third-order valence-electron chi connectivity index (χ3n) is 2.71. The average Bonchev–Trinajstić information content (AvgIpc) is 2.39. The summed E-state index contributed by atoms with van der Waals surface area (Å²) >= 11 is 0. The SMILES string of the molecule is CC(C)(N)C(=O)ON(Cc1ccccc1)[C@@H](CO)C(=O)O. The van der Waals surface area contributed by atoms with Gasteiger partial charge in [0, 0.05) is 0 Å². The molecule has 0 bridgehead atoms. The maximum Gasteiger partial charge on any atom is 0.344 e. The van der Waals surface area contributed by atoms with Crippen molar-refractivity contribution in [3.63, 3.8) is 0 Å². The molecule has 0 saturated heterocycles. The molecule has 0 aliphatic carbocycles. The molecule has 0 aromatic heterocycles. The number of rotatable bonds is 7. The molecular formula is C14H20N2O5. The molecule has 7 nitrogen and oxygen atoms in total. The molecule has 0 amide bonds. The Hall–Kier alpha value is -1.96. The van der Waals surface area contributed by atoms with Gasteiger partial charge < -0.3 is 20.8 Å². The number of aliphatic carboxylic acids is 1. The van der Waals surface area contributed by atoms with Crippen LogP contribution in [0.25, 0.3) is 0 Å². The third-order valence-corrected chi connectivity index (χ3v) is 2.71. The van der Waals surface area contributed by atoms with Gasteiger partial charge in [-0.1, -0.05) is 30.3 Å². The van der Waals surface area contributed by atoms with E-state index in [-0.39, 0.29) is 6.54 Å². The predicted molar refractivity (Wildman–Crippen MR) is 74.9 cm³/mol. The van der Waals surface area contributed by atoms with E-state index >= 15 is 0 Å². The normalized spacial score (nSPS) is 13.0. The molecule has 0 saturated carbocycles. The Morgan fingerprint density at radius 2 is 1.90 bits per heavy atom. The van der Waals surface area contributed by atoms with Gasteiger partial charge in [-0.3, -0.25) is 4.79 Å². The van der Waals surface area contributed by atoms with E-state index in [9.17, 15) is 14.7 Å². The van der Waals surface area contributed by atoms with Crippen LogP contribution in [0, 0.1) is 0 Å². The minimum Gasteiger partial charge on any atom is -0.480 e. The summed E-state index contributed by atoms with van der Waals surface area (Å²) in [5, 5.41) is 19.3. The lowest BCUT2D eigenvalue weighted by Crippen LogP contribution is -2.50. The fraction of sp³-hybridized carbons (Fsp3) is 0.429. The molecule has 0 radical (unpaired) electrons. The zero-order valence-electron chi connectivity index (χ0n) is 12.0. The smallest absolute Gasteiger partial charge is 0.344 e. The number of nitrogens with two attached hydrogens (primary N) is 1. The molecule has 7 heteroatoms. The van der Waals surface area contributed by atoms with Crippen LogP contribution in [0.15, 0.2) is 30.3 Å². The summed E-state index contributed by atoms with van der Waals surface area (Å²) in [6.45, 7) is 2.23. The quantitative estimate of drug-likeness (QED) is 0.613. The van der Waals surface area contributed by atoms with Gasteiger partial charge in [-0.25, -0.2) is 4.79 Å². The zero-order valence-corrected chi connectivity index (χ0v) is 12.0. The lowest BCUT2D eigenvalue weighted by atomic mass is 10.1. The number of hydrogen-bond donors (Lipinski definition) is 3. The Morgan fingerprint density at radius 1 is 1.33 bits per heavy atom. The molecule has 0 fully saturated rings. The van der Waals surface area contributed by atoms with Crippen molar-refractivity contribution in [3.8, 4) is 0 Å². The molecule has 4 N–H and O–H groups in total. The maximum atomic E-state index is 11.8. The fourth-order valence-electron chi connectivity index (χ4n) is 1.49. The van der Waals surface area contributed by atoms with Gasteiger partial charge in [0.25, 0.3) is 0 Å². The Labute approximate surface area is 122 Å². The Morgan fingerprint density at radius 3 is 2.33 bits per heavy atom. The Kier molecular flexibility index (Phi) is 5.83. The number of carbonyl (C=O) groups excluding carboxylic acids is 1. The minimum absolute atomic E-state index is 0.0280. The summed E-state index contributed by atoms with van der Waals surface area (Å²) in [5.41, 5.74) is 5.09. The van der Waals surface area contributed by atoms with Gasteiger partial charge in [0.05, 0.1) is 13.2 Å². The molecule has 0 spiro atoms. The van der Waals surface area contributed by atoms with Crippen LogP contribution < -0.4 is 5.73 Å². The maximum absolute atomic E-state index is 11.8. The van der Waals surface area contributed by atoms with Crippen molar-refractivity contribution in [1.82, 2.24) is 5.06 Å². The van der Waals surface area contributed by atoms with Crippen LogP contribution in [0.1, 0.15) is 19.4 Å². The number of carbonyl (C=O) groups is 2. The largest absolute Gasteiger partial charge is 0.480 e. The Bertz CT molecular complexity index is 484. The number of hydrogen-bond acceptors (Lipinski definition) is 6. The highest BCUT2D eigenvalue weighted by Gasteiger charge is 2.33. The summed E-state index contributed by atoms with van der Waals surface area (Å²) in [6, 6.07) is 7.50. The van der Waals surface area contributed by atoms with Crippen molar-refractivity contribution in [2.24, 2.45) is 5.73 Å². The minimum atomic E-state index is -1.36. The third kappa shape index (κ3) is 5.14. The first-order valence-corrected chi connectivity index (χ1v) is 6.41. The first-order chi connectivity index (χ1) is 9.75. The van der Waals surface area contributed by atoms with Crippen LogP contribution in [0.3, 0.4) is 0 Å². The Balaban J connectivity index is 2.94. The van der Waals surface area contributed by atoms with Crippen LogP contribution in [-0.4, -0.2) is 45.4 Å². The first-order valence-electron chi connectivity index (χ1n) is 6.41. The zero-order chi connectivity index (χ0) is 16.0. The number of hydroxylamine groups is 2. The molecule has 0 unspecified atom stereocenters. The van der Waals surface area contributed by atoms with Gasteiger partial charge >= 0.3 is 11.9 Å². The van der Waals surface area contributed by atoms with Gasteiger partial charge in [0.1, 0.15) is 5.54 Å². The van der Waals surface area contributed by atoms with E-state index in [1.165, 1.54) is 13.8 Å². The predicted octanol–water partition coefficient (Wildman–Crippen LogP) is 0.130. The van der Waals surface area contributed by atoms with E-state index in [1.807, 2.05) is 6.07 Å². The van der Waals surface area contributed by atoms with Crippen LogP contribution >= 0.6 is 0 Å². The standard InChI is InChI=1S/C14H20N2O5/c1-14(2,15)13(20)21-16(11(9-17)12(18)19)8-10-6-4-3-5-7-10/h3-7,11,17H,8-9,15H2,1-2H3,(H,18,19)/t11-/m0/s1. The molecule has 1 aromatic carbocycles. The van der Waals surface area contributed by atoms with Gasteiger partial charge in [-0.2, -0.15) is 0 Å². The van der Waals surface area contributed by atoms with Crippen molar-refractivity contribution < 1.29 is 24.6 Å². The van der Waals surface area contributed by atoms with Crippen molar-refractivity contribution in [2.75, 3.05) is 6.61 Å². The van der Waals surface area contributed by atoms with E-state index in [1.54, 1.807) is 24.3 Å². The lowest BCUT2D eigenvalue weighted by molar-refractivity contribution is -0.217.